The summed E-state index contributed by atoms with van der Waals surface area (Å²) in [5.41, 5.74) is 3.68. The molecular formula is C21H23N5O4. The van der Waals surface area contributed by atoms with Gasteiger partial charge in [0.15, 0.2) is 5.78 Å². The monoisotopic (exact) mass is 409 g/mol. The van der Waals surface area contributed by atoms with E-state index in [1.807, 2.05) is 12.1 Å². The predicted molar refractivity (Wildman–Crippen MR) is 112 cm³/mol. The van der Waals surface area contributed by atoms with Crippen molar-refractivity contribution >= 4 is 17.5 Å². The zero-order valence-electron chi connectivity index (χ0n) is 17.5. The molecule has 9 nitrogen and oxygen atoms in total. The van der Waals surface area contributed by atoms with E-state index in [1.165, 1.54) is 6.08 Å². The lowest BCUT2D eigenvalue weighted by Gasteiger charge is -2.10. The van der Waals surface area contributed by atoms with Gasteiger partial charge >= 0.3 is 5.69 Å². The fraction of sp³-hybridized carbons (Fsp3) is 0.286. The molecule has 0 bridgehead atoms. The highest BCUT2D eigenvalue weighted by atomic mass is 16.6. The minimum absolute atomic E-state index is 0.0162. The van der Waals surface area contributed by atoms with E-state index >= 15 is 0 Å². The Balaban J connectivity index is 1.89. The van der Waals surface area contributed by atoms with Crippen LogP contribution in [0.25, 0.3) is 6.08 Å². The van der Waals surface area contributed by atoms with Gasteiger partial charge in [0.2, 0.25) is 0 Å². The van der Waals surface area contributed by atoms with Crippen molar-refractivity contribution in [2.24, 2.45) is 7.05 Å². The molecule has 2 heterocycles. The SMILES string of the molecule is COc1ccc(/C=C/C(=O)c2cn(C)nc2C)cc1Cn1nc(C)c([N+](=O)[O-])c1C. The maximum absolute atomic E-state index is 12.5. The molecule has 0 aliphatic carbocycles. The molecule has 0 fully saturated rings. The van der Waals surface area contributed by atoms with E-state index in [0.717, 1.165) is 11.1 Å². The molecule has 9 heteroatoms. The van der Waals surface area contributed by atoms with Crippen molar-refractivity contribution in [3.63, 3.8) is 0 Å². The molecular weight excluding hydrogens is 386 g/mol. The number of rotatable bonds is 7. The highest BCUT2D eigenvalue weighted by Gasteiger charge is 2.22. The summed E-state index contributed by atoms with van der Waals surface area (Å²) in [6.45, 7) is 5.38. The van der Waals surface area contributed by atoms with Crippen LogP contribution in [0.1, 0.15) is 38.6 Å². The van der Waals surface area contributed by atoms with Crippen LogP contribution in [0, 0.1) is 30.9 Å². The first-order valence-electron chi connectivity index (χ1n) is 9.29. The molecule has 156 valence electrons. The van der Waals surface area contributed by atoms with Gasteiger partial charge in [-0.1, -0.05) is 12.1 Å². The quantitative estimate of drug-likeness (QED) is 0.256. The zero-order chi connectivity index (χ0) is 22.0. The summed E-state index contributed by atoms with van der Waals surface area (Å²) in [5, 5.41) is 19.7. The van der Waals surface area contributed by atoms with Crippen molar-refractivity contribution in [2.75, 3.05) is 7.11 Å². The Labute approximate surface area is 173 Å². The second-order valence-corrected chi connectivity index (χ2v) is 7.00. The Morgan fingerprint density at radius 2 is 1.97 bits per heavy atom. The van der Waals surface area contributed by atoms with Crippen LogP contribution >= 0.6 is 0 Å². The van der Waals surface area contributed by atoms with Gasteiger partial charge < -0.3 is 4.74 Å². The van der Waals surface area contributed by atoms with Crippen LogP contribution in [-0.2, 0) is 13.6 Å². The minimum Gasteiger partial charge on any atom is -0.496 e. The second kappa shape index (κ2) is 8.32. The van der Waals surface area contributed by atoms with Gasteiger partial charge in [-0.25, -0.2) is 0 Å². The largest absolute Gasteiger partial charge is 0.496 e. The van der Waals surface area contributed by atoms with Gasteiger partial charge in [0.25, 0.3) is 0 Å². The molecule has 2 aromatic heterocycles. The van der Waals surface area contributed by atoms with Gasteiger partial charge in [-0.15, -0.1) is 0 Å². The van der Waals surface area contributed by atoms with Crippen molar-refractivity contribution < 1.29 is 14.5 Å². The molecule has 0 saturated carbocycles. The van der Waals surface area contributed by atoms with Gasteiger partial charge in [0.05, 0.1) is 29.8 Å². The van der Waals surface area contributed by atoms with E-state index in [2.05, 4.69) is 10.2 Å². The maximum atomic E-state index is 12.5. The maximum Gasteiger partial charge on any atom is 0.312 e. The van der Waals surface area contributed by atoms with E-state index in [4.69, 9.17) is 4.74 Å². The molecule has 30 heavy (non-hydrogen) atoms. The molecule has 0 aliphatic rings. The number of allylic oxidation sites excluding steroid dienone is 1. The van der Waals surface area contributed by atoms with E-state index in [1.54, 1.807) is 62.6 Å². The van der Waals surface area contributed by atoms with Crippen LogP contribution < -0.4 is 4.74 Å². The van der Waals surface area contributed by atoms with Crippen LogP contribution in [0.3, 0.4) is 0 Å². The Morgan fingerprint density at radius 1 is 1.23 bits per heavy atom. The normalized spacial score (nSPS) is 11.2. The molecule has 0 unspecified atom stereocenters. The number of carbonyl (C=O) groups excluding carboxylic acids is 1. The van der Waals surface area contributed by atoms with Crippen molar-refractivity contribution in [1.29, 1.82) is 0 Å². The van der Waals surface area contributed by atoms with Gasteiger partial charge in [-0.05, 0) is 44.5 Å². The number of ether oxygens (including phenoxy) is 1. The third kappa shape index (κ3) is 4.14. The number of carbonyl (C=O) groups is 1. The number of methoxy groups -OCH3 is 1. The van der Waals surface area contributed by atoms with Crippen LogP contribution in [0.2, 0.25) is 0 Å². The Hall–Kier alpha value is -3.75. The van der Waals surface area contributed by atoms with Gasteiger partial charge in [-0.2, -0.15) is 10.2 Å². The molecule has 0 N–H and O–H groups in total. The molecule has 0 radical (unpaired) electrons. The third-order valence-electron chi connectivity index (χ3n) is 4.86. The summed E-state index contributed by atoms with van der Waals surface area (Å²) in [6, 6.07) is 5.52. The standard InChI is InChI=1S/C21H23N5O4/c1-13-18(12-24(4)22-13)19(27)8-6-16-7-9-20(30-5)17(10-16)11-25-15(3)21(26(28)29)14(2)23-25/h6-10,12H,11H2,1-5H3/b8-6+. The van der Waals surface area contributed by atoms with E-state index in [0.29, 0.717) is 34.9 Å². The first kappa shape index (κ1) is 21.0. The van der Waals surface area contributed by atoms with E-state index in [9.17, 15) is 14.9 Å². The lowest BCUT2D eigenvalue weighted by atomic mass is 10.1. The zero-order valence-corrected chi connectivity index (χ0v) is 17.5. The highest BCUT2D eigenvalue weighted by molar-refractivity contribution is 6.07. The van der Waals surface area contributed by atoms with Gasteiger partial charge in [0, 0.05) is 18.8 Å². The molecule has 0 amide bonds. The summed E-state index contributed by atoms with van der Waals surface area (Å²) in [7, 11) is 3.33. The summed E-state index contributed by atoms with van der Waals surface area (Å²) in [4.78, 5) is 23.3. The van der Waals surface area contributed by atoms with Crippen LogP contribution in [0.4, 0.5) is 5.69 Å². The fourth-order valence-electron chi connectivity index (χ4n) is 3.40. The van der Waals surface area contributed by atoms with Crippen molar-refractivity contribution in [3.05, 3.63) is 74.4 Å². The number of aromatic nitrogens is 4. The second-order valence-electron chi connectivity index (χ2n) is 7.00. The number of hydrogen-bond donors (Lipinski definition) is 0. The smallest absolute Gasteiger partial charge is 0.312 e. The average molecular weight is 409 g/mol. The van der Waals surface area contributed by atoms with Gasteiger partial charge in [0.1, 0.15) is 17.1 Å². The number of ketones is 1. The summed E-state index contributed by atoms with van der Waals surface area (Å²) in [6.07, 6.45) is 4.92. The third-order valence-corrected chi connectivity index (χ3v) is 4.86. The van der Waals surface area contributed by atoms with E-state index < -0.39 is 4.92 Å². The molecule has 0 aliphatic heterocycles. The van der Waals surface area contributed by atoms with E-state index in [-0.39, 0.29) is 11.5 Å². The Bertz CT molecular complexity index is 1160. The minimum atomic E-state index is -0.420. The molecule has 1 aromatic carbocycles. The van der Waals surface area contributed by atoms with Crippen molar-refractivity contribution in [3.8, 4) is 5.75 Å². The topological polar surface area (TPSA) is 105 Å². The number of nitrogens with zero attached hydrogens (tertiary/aromatic N) is 5. The predicted octanol–water partition coefficient (Wildman–Crippen LogP) is 3.40. The van der Waals surface area contributed by atoms with Crippen molar-refractivity contribution in [1.82, 2.24) is 19.6 Å². The Kier molecular flexibility index (Phi) is 5.81. The first-order chi connectivity index (χ1) is 14.2. The number of benzene rings is 1. The molecule has 0 spiro atoms. The molecule has 0 saturated heterocycles. The summed E-state index contributed by atoms with van der Waals surface area (Å²) >= 11 is 0. The number of hydrogen-bond acceptors (Lipinski definition) is 6. The fourth-order valence-corrected chi connectivity index (χ4v) is 3.40. The summed E-state index contributed by atoms with van der Waals surface area (Å²) < 4.78 is 8.63. The van der Waals surface area contributed by atoms with Crippen LogP contribution in [0.15, 0.2) is 30.5 Å². The van der Waals surface area contributed by atoms with Crippen LogP contribution in [-0.4, -0.2) is 37.4 Å². The summed E-state index contributed by atoms with van der Waals surface area (Å²) in [5.74, 6) is 0.504. The molecule has 3 aromatic rings. The van der Waals surface area contributed by atoms with Gasteiger partial charge in [-0.3, -0.25) is 24.3 Å². The Morgan fingerprint density at radius 3 is 2.53 bits per heavy atom. The van der Waals surface area contributed by atoms with Crippen molar-refractivity contribution in [2.45, 2.75) is 27.3 Å². The number of aryl methyl sites for hydroxylation is 3. The molecule has 0 atom stereocenters. The average Bonchev–Trinajstić information content (AvgIpc) is 3.17. The highest BCUT2D eigenvalue weighted by Crippen LogP contribution is 2.26. The molecule has 3 rings (SSSR count). The number of nitro groups is 1. The lowest BCUT2D eigenvalue weighted by molar-refractivity contribution is -0.386. The lowest BCUT2D eigenvalue weighted by Crippen LogP contribution is -2.06. The first-order valence-corrected chi connectivity index (χ1v) is 9.29. The van der Waals surface area contributed by atoms with Crippen LogP contribution in [0.5, 0.6) is 5.75 Å².